The third-order valence-corrected chi connectivity index (χ3v) is 2.53. The van der Waals surface area contributed by atoms with Gasteiger partial charge in [-0.2, -0.15) is 0 Å². The molecule has 0 aliphatic rings. The summed E-state index contributed by atoms with van der Waals surface area (Å²) in [6.07, 6.45) is 1.36. The highest BCUT2D eigenvalue weighted by molar-refractivity contribution is 6.31. The van der Waals surface area contributed by atoms with E-state index in [-0.39, 0.29) is 11.2 Å². The zero-order chi connectivity index (χ0) is 14.2. The van der Waals surface area contributed by atoms with E-state index < -0.39 is 23.2 Å². The number of nitrogens with two attached hydrogens (primary N) is 1. The number of amides is 3. The number of aryl methyl sites for hydroxylation is 1. The SMILES string of the molecule is Cn1c(=O)c(C(=O)NC(N)=O)nc2cc(Cl)cnc21. The second kappa shape index (κ2) is 4.65. The molecule has 8 nitrogen and oxygen atoms in total. The van der Waals surface area contributed by atoms with Crippen LogP contribution in [0.1, 0.15) is 10.5 Å². The van der Waals surface area contributed by atoms with E-state index in [4.69, 9.17) is 17.3 Å². The van der Waals surface area contributed by atoms with E-state index in [1.165, 1.54) is 19.3 Å². The van der Waals surface area contributed by atoms with Crippen LogP contribution >= 0.6 is 11.6 Å². The summed E-state index contributed by atoms with van der Waals surface area (Å²) >= 11 is 5.76. The minimum atomic E-state index is -1.07. The van der Waals surface area contributed by atoms with Gasteiger partial charge in [0.2, 0.25) is 0 Å². The Morgan fingerprint density at radius 1 is 1.47 bits per heavy atom. The number of hydrogen-bond acceptors (Lipinski definition) is 5. The maximum atomic E-state index is 11.9. The molecular formula is C10H8ClN5O3. The number of nitrogens with zero attached hydrogens (tertiary/aromatic N) is 3. The van der Waals surface area contributed by atoms with Crippen molar-refractivity contribution in [1.29, 1.82) is 0 Å². The van der Waals surface area contributed by atoms with E-state index in [2.05, 4.69) is 9.97 Å². The normalized spacial score (nSPS) is 10.4. The third kappa shape index (κ3) is 2.38. The van der Waals surface area contributed by atoms with Crippen LogP contribution in [0.4, 0.5) is 4.79 Å². The Labute approximate surface area is 111 Å². The van der Waals surface area contributed by atoms with Gasteiger partial charge in [0.1, 0.15) is 5.52 Å². The van der Waals surface area contributed by atoms with Gasteiger partial charge in [-0.15, -0.1) is 0 Å². The summed E-state index contributed by atoms with van der Waals surface area (Å²) in [7, 11) is 1.42. The van der Waals surface area contributed by atoms with Crippen LogP contribution < -0.4 is 16.6 Å². The van der Waals surface area contributed by atoms with Crippen LogP contribution in [0.15, 0.2) is 17.1 Å². The lowest BCUT2D eigenvalue weighted by Gasteiger charge is -2.06. The molecule has 0 spiro atoms. The van der Waals surface area contributed by atoms with Crippen molar-refractivity contribution in [2.24, 2.45) is 12.8 Å². The maximum Gasteiger partial charge on any atom is 0.319 e. The molecule has 0 saturated heterocycles. The van der Waals surface area contributed by atoms with E-state index >= 15 is 0 Å². The zero-order valence-corrected chi connectivity index (χ0v) is 10.4. The van der Waals surface area contributed by atoms with Crippen LogP contribution in [0.3, 0.4) is 0 Å². The van der Waals surface area contributed by atoms with Gasteiger partial charge in [-0.3, -0.25) is 19.5 Å². The number of aromatic nitrogens is 3. The lowest BCUT2D eigenvalue weighted by Crippen LogP contribution is -2.39. The molecule has 0 atom stereocenters. The van der Waals surface area contributed by atoms with Crippen LogP contribution in [0, 0.1) is 0 Å². The monoisotopic (exact) mass is 281 g/mol. The number of halogens is 1. The highest BCUT2D eigenvalue weighted by Crippen LogP contribution is 2.13. The smallest absolute Gasteiger partial charge is 0.319 e. The second-order valence-corrected chi connectivity index (χ2v) is 4.08. The number of pyridine rings is 1. The Hall–Kier alpha value is -2.48. The molecule has 2 rings (SSSR count). The first-order chi connectivity index (χ1) is 8.90. The van der Waals surface area contributed by atoms with Crippen molar-refractivity contribution in [3.63, 3.8) is 0 Å². The molecule has 0 aliphatic heterocycles. The van der Waals surface area contributed by atoms with E-state index in [9.17, 15) is 14.4 Å². The van der Waals surface area contributed by atoms with Crippen LogP contribution in [0.25, 0.3) is 11.2 Å². The van der Waals surface area contributed by atoms with Gasteiger partial charge in [-0.1, -0.05) is 11.6 Å². The van der Waals surface area contributed by atoms with Crippen molar-refractivity contribution in [3.8, 4) is 0 Å². The summed E-state index contributed by atoms with van der Waals surface area (Å²) < 4.78 is 1.13. The number of fused-ring (bicyclic) bond motifs is 1. The average Bonchev–Trinajstić information content (AvgIpc) is 2.32. The standard InChI is InChI=1S/C10H8ClN5O3/c1-16-7-5(2-4(11)3-13-7)14-6(9(16)18)8(17)15-10(12)19/h2-3H,1H3,(H3,12,15,17,19). The molecule has 2 aromatic rings. The largest absolute Gasteiger partial charge is 0.351 e. The minimum Gasteiger partial charge on any atom is -0.351 e. The molecule has 0 unspecified atom stereocenters. The number of nitrogens with one attached hydrogen (secondary N) is 1. The molecule has 0 aromatic carbocycles. The lowest BCUT2D eigenvalue weighted by molar-refractivity contribution is 0.0959. The zero-order valence-electron chi connectivity index (χ0n) is 9.68. The van der Waals surface area contributed by atoms with Crippen molar-refractivity contribution in [1.82, 2.24) is 19.9 Å². The van der Waals surface area contributed by atoms with Crippen molar-refractivity contribution in [3.05, 3.63) is 33.3 Å². The molecule has 19 heavy (non-hydrogen) atoms. The summed E-state index contributed by atoms with van der Waals surface area (Å²) in [6, 6.07) is 0.378. The Morgan fingerprint density at radius 3 is 2.79 bits per heavy atom. The second-order valence-electron chi connectivity index (χ2n) is 3.64. The third-order valence-electron chi connectivity index (χ3n) is 2.32. The first-order valence-corrected chi connectivity index (χ1v) is 5.41. The minimum absolute atomic E-state index is 0.254. The van der Waals surface area contributed by atoms with Gasteiger partial charge in [-0.05, 0) is 6.07 Å². The number of primary amides is 1. The first-order valence-electron chi connectivity index (χ1n) is 5.03. The van der Waals surface area contributed by atoms with Crippen molar-refractivity contribution in [2.75, 3.05) is 0 Å². The van der Waals surface area contributed by atoms with Crippen molar-refractivity contribution < 1.29 is 9.59 Å². The van der Waals surface area contributed by atoms with Crippen molar-refractivity contribution >= 4 is 34.7 Å². The molecule has 98 valence electrons. The van der Waals surface area contributed by atoms with E-state index in [1.54, 1.807) is 5.32 Å². The molecule has 3 N–H and O–H groups in total. The molecule has 0 fully saturated rings. The summed E-state index contributed by atoms with van der Waals surface area (Å²) in [5, 5.41) is 2.08. The predicted octanol–water partition coefficient (Wildman–Crippen LogP) is -0.210. The van der Waals surface area contributed by atoms with E-state index in [0.29, 0.717) is 5.02 Å². The quantitative estimate of drug-likeness (QED) is 0.749. The highest BCUT2D eigenvalue weighted by Gasteiger charge is 2.17. The first kappa shape index (κ1) is 13.0. The molecule has 9 heteroatoms. The fraction of sp³-hybridized carbons (Fsp3) is 0.100. The highest BCUT2D eigenvalue weighted by atomic mass is 35.5. The summed E-state index contributed by atoms with van der Waals surface area (Å²) in [5.41, 5.74) is 4.18. The predicted molar refractivity (Wildman–Crippen MR) is 66.8 cm³/mol. The van der Waals surface area contributed by atoms with Gasteiger partial charge in [0.25, 0.3) is 11.5 Å². The van der Waals surface area contributed by atoms with E-state index in [0.717, 1.165) is 4.57 Å². The topological polar surface area (TPSA) is 120 Å². The van der Waals surface area contributed by atoms with Crippen LogP contribution in [-0.2, 0) is 7.05 Å². The van der Waals surface area contributed by atoms with Crippen molar-refractivity contribution in [2.45, 2.75) is 0 Å². The molecule has 0 saturated carbocycles. The van der Waals surface area contributed by atoms with Gasteiger partial charge in [0.15, 0.2) is 11.3 Å². The Morgan fingerprint density at radius 2 is 2.16 bits per heavy atom. The molecule has 2 aromatic heterocycles. The number of hydrogen-bond donors (Lipinski definition) is 2. The Balaban J connectivity index is 2.69. The van der Waals surface area contributed by atoms with E-state index in [1.807, 2.05) is 0 Å². The summed E-state index contributed by atoms with van der Waals surface area (Å²) in [5.74, 6) is -0.977. The fourth-order valence-corrected chi connectivity index (χ4v) is 1.66. The summed E-state index contributed by atoms with van der Waals surface area (Å²) in [4.78, 5) is 41.9. The average molecular weight is 282 g/mol. The molecular weight excluding hydrogens is 274 g/mol. The number of carbonyl (C=O) groups excluding carboxylic acids is 2. The van der Waals surface area contributed by atoms with Gasteiger partial charge in [0.05, 0.1) is 5.02 Å². The number of imide groups is 1. The van der Waals surface area contributed by atoms with Gasteiger partial charge in [-0.25, -0.2) is 14.8 Å². The maximum absolute atomic E-state index is 11.9. The van der Waals surface area contributed by atoms with Crippen LogP contribution in [0.5, 0.6) is 0 Å². The number of carbonyl (C=O) groups is 2. The Bertz CT molecular complexity index is 755. The number of urea groups is 1. The van der Waals surface area contributed by atoms with Gasteiger partial charge in [0, 0.05) is 13.2 Å². The van der Waals surface area contributed by atoms with Crippen LogP contribution in [0.2, 0.25) is 5.02 Å². The van der Waals surface area contributed by atoms with Gasteiger partial charge < -0.3 is 5.73 Å². The Kier molecular flexibility index (Phi) is 3.17. The number of rotatable bonds is 1. The lowest BCUT2D eigenvalue weighted by atomic mass is 10.3. The molecule has 0 aliphatic carbocycles. The molecule has 3 amide bonds. The molecule has 0 radical (unpaired) electrons. The summed E-state index contributed by atoms with van der Waals surface area (Å²) in [6.45, 7) is 0. The fourth-order valence-electron chi connectivity index (χ4n) is 1.50. The molecule has 2 heterocycles. The van der Waals surface area contributed by atoms with Crippen LogP contribution in [-0.4, -0.2) is 26.5 Å². The van der Waals surface area contributed by atoms with Gasteiger partial charge >= 0.3 is 6.03 Å². The molecule has 0 bridgehead atoms.